The predicted octanol–water partition coefficient (Wildman–Crippen LogP) is 1.83. The van der Waals surface area contributed by atoms with Crippen molar-refractivity contribution in [3.8, 4) is 0 Å². The van der Waals surface area contributed by atoms with Gasteiger partial charge in [-0.15, -0.1) is 0 Å². The van der Waals surface area contributed by atoms with E-state index >= 15 is 0 Å². The Labute approximate surface area is 99.2 Å². The number of anilines is 1. The highest BCUT2D eigenvalue weighted by atomic mass is 16.6. The molecule has 0 spiro atoms. The average Bonchev–Trinajstić information content (AvgIpc) is 2.82. The minimum Gasteiger partial charge on any atom is -0.381 e. The van der Waals surface area contributed by atoms with Crippen LogP contribution < -0.4 is 5.32 Å². The lowest BCUT2D eigenvalue weighted by Crippen LogP contribution is -2.11. The minimum atomic E-state index is -0.423. The summed E-state index contributed by atoms with van der Waals surface area (Å²) in [5.41, 5.74) is 0.0233. The maximum absolute atomic E-state index is 10.7. The summed E-state index contributed by atoms with van der Waals surface area (Å²) in [6, 6.07) is 3.02. The molecule has 0 aliphatic carbocycles. The van der Waals surface area contributed by atoms with Crippen molar-refractivity contribution in [2.75, 3.05) is 25.1 Å². The first-order valence-corrected chi connectivity index (χ1v) is 5.68. The van der Waals surface area contributed by atoms with Crippen LogP contribution in [0.4, 0.5) is 11.5 Å². The SMILES string of the molecule is O=[N+]([O-])c1cccnc1NCCC1CCOC1. The second-order valence-corrected chi connectivity index (χ2v) is 4.07. The molecule has 0 saturated carbocycles. The van der Waals surface area contributed by atoms with E-state index in [0.717, 1.165) is 26.1 Å². The zero-order chi connectivity index (χ0) is 12.1. The van der Waals surface area contributed by atoms with Gasteiger partial charge in [0.2, 0.25) is 5.82 Å². The molecule has 1 aromatic rings. The third-order valence-corrected chi connectivity index (χ3v) is 2.85. The third kappa shape index (κ3) is 3.13. The zero-order valence-corrected chi connectivity index (χ0v) is 9.46. The van der Waals surface area contributed by atoms with Gasteiger partial charge in [-0.2, -0.15) is 0 Å². The quantitative estimate of drug-likeness (QED) is 0.624. The van der Waals surface area contributed by atoms with Gasteiger partial charge >= 0.3 is 5.69 Å². The van der Waals surface area contributed by atoms with Crippen LogP contribution in [0.1, 0.15) is 12.8 Å². The summed E-state index contributed by atoms with van der Waals surface area (Å²) in [5, 5.41) is 13.8. The Balaban J connectivity index is 1.87. The maximum Gasteiger partial charge on any atom is 0.311 e. The van der Waals surface area contributed by atoms with Gasteiger partial charge in [-0.3, -0.25) is 10.1 Å². The molecule has 17 heavy (non-hydrogen) atoms. The summed E-state index contributed by atoms with van der Waals surface area (Å²) in [6.45, 7) is 2.31. The van der Waals surface area contributed by atoms with Crippen LogP contribution in [-0.4, -0.2) is 29.7 Å². The monoisotopic (exact) mass is 237 g/mol. The molecular formula is C11H15N3O3. The van der Waals surface area contributed by atoms with Gasteiger partial charge in [0.25, 0.3) is 0 Å². The van der Waals surface area contributed by atoms with E-state index in [1.54, 1.807) is 12.3 Å². The van der Waals surface area contributed by atoms with Gasteiger partial charge in [0, 0.05) is 32.0 Å². The number of pyridine rings is 1. The van der Waals surface area contributed by atoms with E-state index in [-0.39, 0.29) is 5.69 Å². The Kier molecular flexibility index (Phi) is 3.87. The lowest BCUT2D eigenvalue weighted by molar-refractivity contribution is -0.384. The van der Waals surface area contributed by atoms with E-state index in [2.05, 4.69) is 10.3 Å². The van der Waals surface area contributed by atoms with Crippen molar-refractivity contribution in [2.24, 2.45) is 5.92 Å². The Hall–Kier alpha value is -1.69. The lowest BCUT2D eigenvalue weighted by atomic mass is 10.1. The fourth-order valence-corrected chi connectivity index (χ4v) is 1.89. The molecule has 92 valence electrons. The van der Waals surface area contributed by atoms with E-state index in [4.69, 9.17) is 4.74 Å². The average molecular weight is 237 g/mol. The van der Waals surface area contributed by atoms with Crippen LogP contribution in [0.25, 0.3) is 0 Å². The first-order valence-electron chi connectivity index (χ1n) is 5.68. The Morgan fingerprint density at radius 3 is 3.24 bits per heavy atom. The van der Waals surface area contributed by atoms with Crippen LogP contribution in [0, 0.1) is 16.0 Å². The van der Waals surface area contributed by atoms with Crippen LogP contribution in [0.2, 0.25) is 0 Å². The van der Waals surface area contributed by atoms with E-state index in [1.807, 2.05) is 0 Å². The number of hydrogen-bond acceptors (Lipinski definition) is 5. The van der Waals surface area contributed by atoms with Crippen molar-refractivity contribution >= 4 is 11.5 Å². The predicted molar refractivity (Wildman–Crippen MR) is 62.9 cm³/mol. The number of nitro groups is 1. The molecule has 6 heteroatoms. The van der Waals surface area contributed by atoms with Crippen molar-refractivity contribution in [1.82, 2.24) is 4.98 Å². The topological polar surface area (TPSA) is 77.3 Å². The van der Waals surface area contributed by atoms with Gasteiger partial charge in [0.1, 0.15) is 0 Å². The lowest BCUT2D eigenvalue weighted by Gasteiger charge is -2.09. The van der Waals surface area contributed by atoms with Gasteiger partial charge in [-0.1, -0.05) is 0 Å². The molecule has 1 saturated heterocycles. The summed E-state index contributed by atoms with van der Waals surface area (Å²) in [4.78, 5) is 14.3. The maximum atomic E-state index is 10.7. The van der Waals surface area contributed by atoms with Crippen molar-refractivity contribution in [2.45, 2.75) is 12.8 Å². The molecule has 0 bridgehead atoms. The number of nitrogens with zero attached hydrogens (tertiary/aromatic N) is 2. The molecule has 0 aromatic carbocycles. The molecule has 6 nitrogen and oxygen atoms in total. The summed E-state index contributed by atoms with van der Waals surface area (Å²) in [5.74, 6) is 0.904. The molecule has 1 aliphatic rings. The summed E-state index contributed by atoms with van der Waals surface area (Å²) >= 11 is 0. The number of ether oxygens (including phenoxy) is 1. The van der Waals surface area contributed by atoms with Gasteiger partial charge in [0.05, 0.1) is 4.92 Å². The fourth-order valence-electron chi connectivity index (χ4n) is 1.89. The normalized spacial score (nSPS) is 19.2. The standard InChI is InChI=1S/C11H15N3O3/c15-14(16)10-2-1-5-12-11(10)13-6-3-9-4-7-17-8-9/h1-2,5,9H,3-4,6-8H2,(H,12,13). The fraction of sp³-hybridized carbons (Fsp3) is 0.545. The van der Waals surface area contributed by atoms with Gasteiger partial charge in [-0.25, -0.2) is 4.98 Å². The largest absolute Gasteiger partial charge is 0.381 e. The van der Waals surface area contributed by atoms with Gasteiger partial charge in [-0.05, 0) is 24.8 Å². The first kappa shape index (κ1) is 11.8. The molecule has 1 aromatic heterocycles. The van der Waals surface area contributed by atoms with Crippen LogP contribution in [0.15, 0.2) is 18.3 Å². The van der Waals surface area contributed by atoms with Crippen molar-refractivity contribution in [3.63, 3.8) is 0 Å². The second kappa shape index (κ2) is 5.58. The summed E-state index contributed by atoms with van der Waals surface area (Å²) in [6.07, 6.45) is 3.58. The smallest absolute Gasteiger partial charge is 0.311 e. The van der Waals surface area contributed by atoms with E-state index in [0.29, 0.717) is 18.3 Å². The second-order valence-electron chi connectivity index (χ2n) is 4.07. The molecule has 2 heterocycles. The molecule has 1 N–H and O–H groups in total. The van der Waals surface area contributed by atoms with E-state index in [9.17, 15) is 10.1 Å². The molecular weight excluding hydrogens is 222 g/mol. The molecule has 1 aliphatic heterocycles. The third-order valence-electron chi connectivity index (χ3n) is 2.85. The molecule has 0 amide bonds. The minimum absolute atomic E-state index is 0.0233. The van der Waals surface area contributed by atoms with E-state index < -0.39 is 4.92 Å². The van der Waals surface area contributed by atoms with E-state index in [1.165, 1.54) is 6.07 Å². The van der Waals surface area contributed by atoms with Gasteiger partial charge in [0.15, 0.2) is 0 Å². The zero-order valence-electron chi connectivity index (χ0n) is 9.46. The number of rotatable bonds is 5. The summed E-state index contributed by atoms with van der Waals surface area (Å²) < 4.78 is 5.27. The number of aromatic nitrogens is 1. The van der Waals surface area contributed by atoms with Crippen LogP contribution in [0.5, 0.6) is 0 Å². The molecule has 1 unspecified atom stereocenters. The number of nitrogens with one attached hydrogen (secondary N) is 1. The summed E-state index contributed by atoms with van der Waals surface area (Å²) in [7, 11) is 0. The highest BCUT2D eigenvalue weighted by molar-refractivity contribution is 5.54. The highest BCUT2D eigenvalue weighted by Crippen LogP contribution is 2.21. The first-order chi connectivity index (χ1) is 8.27. The Bertz CT molecular complexity index is 391. The molecule has 1 atom stereocenters. The van der Waals surface area contributed by atoms with Crippen molar-refractivity contribution in [1.29, 1.82) is 0 Å². The number of hydrogen-bond donors (Lipinski definition) is 1. The van der Waals surface area contributed by atoms with Crippen LogP contribution >= 0.6 is 0 Å². The molecule has 0 radical (unpaired) electrons. The van der Waals surface area contributed by atoms with Crippen molar-refractivity contribution in [3.05, 3.63) is 28.4 Å². The van der Waals surface area contributed by atoms with Gasteiger partial charge < -0.3 is 10.1 Å². The highest BCUT2D eigenvalue weighted by Gasteiger charge is 2.17. The Morgan fingerprint density at radius 2 is 2.53 bits per heavy atom. The Morgan fingerprint density at radius 1 is 1.65 bits per heavy atom. The van der Waals surface area contributed by atoms with Crippen LogP contribution in [-0.2, 0) is 4.74 Å². The van der Waals surface area contributed by atoms with Crippen LogP contribution in [0.3, 0.4) is 0 Å². The molecule has 1 fully saturated rings. The van der Waals surface area contributed by atoms with Crippen molar-refractivity contribution < 1.29 is 9.66 Å². The molecule has 2 rings (SSSR count).